The number of amides is 1. The van der Waals surface area contributed by atoms with Gasteiger partial charge in [-0.2, -0.15) is 0 Å². The molecule has 7 heteroatoms. The summed E-state index contributed by atoms with van der Waals surface area (Å²) in [4.78, 5) is 12.7. The average Bonchev–Trinajstić information content (AvgIpc) is 2.65. The van der Waals surface area contributed by atoms with Crippen LogP contribution in [0.25, 0.3) is 0 Å². The van der Waals surface area contributed by atoms with Gasteiger partial charge in [-0.3, -0.25) is 9.10 Å². The van der Waals surface area contributed by atoms with Crippen LogP contribution in [-0.2, 0) is 21.4 Å². The summed E-state index contributed by atoms with van der Waals surface area (Å²) in [7, 11) is -3.61. The van der Waals surface area contributed by atoms with Crippen molar-refractivity contribution in [2.45, 2.75) is 32.9 Å². The summed E-state index contributed by atoms with van der Waals surface area (Å²) in [5.41, 5.74) is 1.38. The summed E-state index contributed by atoms with van der Waals surface area (Å²) >= 11 is 0. The van der Waals surface area contributed by atoms with E-state index in [2.05, 4.69) is 5.32 Å². The lowest BCUT2D eigenvalue weighted by Crippen LogP contribution is -2.49. The third kappa shape index (κ3) is 5.72. The van der Waals surface area contributed by atoms with Crippen LogP contribution in [0.1, 0.15) is 25.8 Å². The number of para-hydroxylation sites is 1. The Hall–Kier alpha value is -2.54. The monoisotopic (exact) mass is 390 g/mol. The largest absolute Gasteiger partial charge is 0.494 e. The molecule has 0 heterocycles. The number of carbonyl (C=O) groups excluding carboxylic acids is 1. The van der Waals surface area contributed by atoms with Gasteiger partial charge >= 0.3 is 0 Å². The number of hydrogen-bond acceptors (Lipinski definition) is 4. The Morgan fingerprint density at radius 3 is 2.22 bits per heavy atom. The van der Waals surface area contributed by atoms with Crippen molar-refractivity contribution in [3.63, 3.8) is 0 Å². The zero-order chi connectivity index (χ0) is 19.9. The number of rotatable bonds is 9. The number of anilines is 1. The second-order valence-corrected chi connectivity index (χ2v) is 7.97. The Kier molecular flexibility index (Phi) is 7.24. The summed E-state index contributed by atoms with van der Waals surface area (Å²) in [5, 5.41) is 2.84. The molecule has 0 aliphatic heterocycles. The smallest absolute Gasteiger partial charge is 0.244 e. The molecule has 2 rings (SSSR count). The van der Waals surface area contributed by atoms with E-state index in [1.54, 1.807) is 37.3 Å². The van der Waals surface area contributed by atoms with Gasteiger partial charge in [-0.25, -0.2) is 8.42 Å². The minimum Gasteiger partial charge on any atom is -0.494 e. The maximum Gasteiger partial charge on any atom is 0.244 e. The molecule has 0 unspecified atom stereocenters. The van der Waals surface area contributed by atoms with Crippen molar-refractivity contribution in [1.82, 2.24) is 5.32 Å². The Balaban J connectivity index is 2.13. The van der Waals surface area contributed by atoms with Gasteiger partial charge in [-0.15, -0.1) is 0 Å². The molecule has 0 bridgehead atoms. The van der Waals surface area contributed by atoms with E-state index in [1.165, 1.54) is 4.31 Å². The number of hydrogen-bond donors (Lipinski definition) is 1. The third-order valence-electron chi connectivity index (χ3n) is 4.04. The van der Waals surface area contributed by atoms with Gasteiger partial charge in [0.05, 0.1) is 18.6 Å². The van der Waals surface area contributed by atoms with Crippen LogP contribution >= 0.6 is 0 Å². The molecule has 0 saturated heterocycles. The van der Waals surface area contributed by atoms with E-state index in [1.807, 2.05) is 31.2 Å². The van der Waals surface area contributed by atoms with Crippen LogP contribution in [-0.4, -0.2) is 33.2 Å². The quantitative estimate of drug-likeness (QED) is 0.714. The first-order chi connectivity index (χ1) is 12.9. The fourth-order valence-electron chi connectivity index (χ4n) is 2.81. The lowest BCUT2D eigenvalue weighted by molar-refractivity contribution is -0.122. The van der Waals surface area contributed by atoms with Crippen LogP contribution in [0.2, 0.25) is 0 Å². The van der Waals surface area contributed by atoms with E-state index in [0.717, 1.165) is 17.6 Å². The highest BCUT2D eigenvalue weighted by molar-refractivity contribution is 7.92. The van der Waals surface area contributed by atoms with Crippen LogP contribution < -0.4 is 14.4 Å². The maximum atomic E-state index is 12.7. The van der Waals surface area contributed by atoms with Gasteiger partial charge < -0.3 is 10.1 Å². The number of nitrogens with one attached hydrogen (secondary N) is 1. The van der Waals surface area contributed by atoms with Gasteiger partial charge in [0, 0.05) is 6.54 Å². The predicted molar refractivity (Wildman–Crippen MR) is 107 cm³/mol. The molecular formula is C20H26N2O4S. The van der Waals surface area contributed by atoms with E-state index < -0.39 is 16.1 Å². The summed E-state index contributed by atoms with van der Waals surface area (Å²) in [6.07, 6.45) is 1.47. The Labute approximate surface area is 161 Å². The first-order valence-electron chi connectivity index (χ1n) is 8.90. The summed E-state index contributed by atoms with van der Waals surface area (Å²) in [5.74, 6) is 0.437. The van der Waals surface area contributed by atoms with Gasteiger partial charge in [0.1, 0.15) is 11.8 Å². The molecule has 2 aromatic carbocycles. The van der Waals surface area contributed by atoms with E-state index >= 15 is 0 Å². The highest BCUT2D eigenvalue weighted by atomic mass is 32.2. The van der Waals surface area contributed by atoms with Crippen molar-refractivity contribution >= 4 is 21.6 Å². The maximum absolute atomic E-state index is 12.7. The molecular weight excluding hydrogens is 364 g/mol. The van der Waals surface area contributed by atoms with Crippen molar-refractivity contribution in [2.75, 3.05) is 17.2 Å². The SMILES string of the molecule is CCOc1ccc(CNC(=O)[C@H](CC)N(c2ccccc2)S(C)(=O)=O)cc1. The van der Waals surface area contributed by atoms with Crippen LogP contribution in [0.5, 0.6) is 5.75 Å². The zero-order valence-corrected chi connectivity index (χ0v) is 16.7. The number of benzene rings is 2. The minimum absolute atomic E-state index is 0.314. The van der Waals surface area contributed by atoms with E-state index in [0.29, 0.717) is 25.3 Å². The van der Waals surface area contributed by atoms with Crippen LogP contribution in [0.15, 0.2) is 54.6 Å². The molecule has 0 aromatic heterocycles. The predicted octanol–water partition coefficient (Wildman–Crippen LogP) is 2.95. The number of carbonyl (C=O) groups is 1. The molecule has 0 radical (unpaired) electrons. The van der Waals surface area contributed by atoms with Crippen LogP contribution in [0.3, 0.4) is 0 Å². The topological polar surface area (TPSA) is 75.7 Å². The molecule has 0 fully saturated rings. The lowest BCUT2D eigenvalue weighted by Gasteiger charge is -2.30. The summed E-state index contributed by atoms with van der Waals surface area (Å²) < 4.78 is 31.3. The highest BCUT2D eigenvalue weighted by Crippen LogP contribution is 2.22. The van der Waals surface area contributed by atoms with Crippen LogP contribution in [0.4, 0.5) is 5.69 Å². The van der Waals surface area contributed by atoms with E-state index in [-0.39, 0.29) is 5.91 Å². The van der Waals surface area contributed by atoms with Gasteiger partial charge in [-0.05, 0) is 43.2 Å². The Morgan fingerprint density at radius 2 is 1.70 bits per heavy atom. The van der Waals surface area contributed by atoms with Crippen molar-refractivity contribution in [2.24, 2.45) is 0 Å². The van der Waals surface area contributed by atoms with Crippen molar-refractivity contribution < 1.29 is 17.9 Å². The first-order valence-corrected chi connectivity index (χ1v) is 10.8. The Morgan fingerprint density at radius 1 is 1.07 bits per heavy atom. The second kappa shape index (κ2) is 9.41. The molecule has 0 saturated carbocycles. The molecule has 0 aliphatic carbocycles. The third-order valence-corrected chi connectivity index (χ3v) is 5.22. The highest BCUT2D eigenvalue weighted by Gasteiger charge is 2.31. The molecule has 1 N–H and O–H groups in total. The van der Waals surface area contributed by atoms with Gasteiger partial charge in [0.2, 0.25) is 15.9 Å². The average molecular weight is 391 g/mol. The van der Waals surface area contributed by atoms with Crippen molar-refractivity contribution in [1.29, 1.82) is 0 Å². The number of nitrogens with zero attached hydrogens (tertiary/aromatic N) is 1. The normalized spacial score (nSPS) is 12.3. The molecule has 0 spiro atoms. The van der Waals surface area contributed by atoms with Crippen molar-refractivity contribution in [3.05, 3.63) is 60.2 Å². The molecule has 0 aliphatic rings. The molecule has 146 valence electrons. The second-order valence-electron chi connectivity index (χ2n) is 6.11. The first kappa shape index (κ1) is 20.8. The standard InChI is InChI=1S/C20H26N2O4S/c1-4-19(22(27(3,24)25)17-9-7-6-8-10-17)20(23)21-15-16-11-13-18(14-12-16)26-5-2/h6-14,19H,4-5,15H2,1-3H3,(H,21,23)/t19-/m0/s1. The van der Waals surface area contributed by atoms with Gasteiger partial charge in [0.15, 0.2) is 0 Å². The fourth-order valence-corrected chi connectivity index (χ4v) is 4.02. The summed E-state index contributed by atoms with van der Waals surface area (Å²) in [6, 6.07) is 15.3. The Bertz CT molecular complexity index is 836. The summed E-state index contributed by atoms with van der Waals surface area (Å²) in [6.45, 7) is 4.62. The van der Waals surface area contributed by atoms with Gasteiger partial charge in [-0.1, -0.05) is 37.3 Å². The van der Waals surface area contributed by atoms with Crippen LogP contribution in [0, 0.1) is 0 Å². The zero-order valence-electron chi connectivity index (χ0n) is 15.9. The molecule has 1 amide bonds. The minimum atomic E-state index is -3.61. The van der Waals surface area contributed by atoms with E-state index in [4.69, 9.17) is 4.74 Å². The number of ether oxygens (including phenoxy) is 1. The van der Waals surface area contributed by atoms with Crippen molar-refractivity contribution in [3.8, 4) is 5.75 Å². The molecule has 1 atom stereocenters. The lowest BCUT2D eigenvalue weighted by atomic mass is 10.1. The fraction of sp³-hybridized carbons (Fsp3) is 0.350. The number of sulfonamides is 1. The van der Waals surface area contributed by atoms with E-state index in [9.17, 15) is 13.2 Å². The molecule has 2 aromatic rings. The van der Waals surface area contributed by atoms with Gasteiger partial charge in [0.25, 0.3) is 0 Å². The molecule has 27 heavy (non-hydrogen) atoms. The molecule has 6 nitrogen and oxygen atoms in total.